The highest BCUT2D eigenvalue weighted by molar-refractivity contribution is 7.16. The molecule has 16 heteroatoms. The smallest absolute Gasteiger partial charge is 0.420 e. The number of likely N-dealkylation sites (tertiary alicyclic amines) is 1. The van der Waals surface area contributed by atoms with E-state index < -0.39 is 35.2 Å². The summed E-state index contributed by atoms with van der Waals surface area (Å²) < 4.78 is 61.1. The molecule has 0 spiro atoms. The number of carbonyl (C=O) groups is 2. The van der Waals surface area contributed by atoms with Crippen molar-refractivity contribution in [1.82, 2.24) is 24.8 Å². The molecular weight excluding hydrogens is 630 g/mol. The Morgan fingerprint density at radius 2 is 1.91 bits per heavy atom. The Morgan fingerprint density at radius 3 is 2.52 bits per heavy atom. The summed E-state index contributed by atoms with van der Waals surface area (Å²) >= 11 is 1.11. The Morgan fingerprint density at radius 1 is 1.13 bits per heavy atom. The van der Waals surface area contributed by atoms with Crippen LogP contribution in [0.1, 0.15) is 54.0 Å². The van der Waals surface area contributed by atoms with E-state index >= 15 is 0 Å². The van der Waals surface area contributed by atoms with Crippen molar-refractivity contribution in [2.24, 2.45) is 0 Å². The Bertz CT molecular complexity index is 1570. The van der Waals surface area contributed by atoms with E-state index in [0.29, 0.717) is 43.4 Å². The molecule has 4 heterocycles. The summed E-state index contributed by atoms with van der Waals surface area (Å²) in [5.41, 5.74) is -1.18. The molecule has 11 nitrogen and oxygen atoms in total. The van der Waals surface area contributed by atoms with E-state index in [9.17, 15) is 27.2 Å². The number of methoxy groups -OCH3 is 1. The number of nitrogens with one attached hydrogen (secondary N) is 1. The van der Waals surface area contributed by atoms with Gasteiger partial charge < -0.3 is 14.7 Å². The van der Waals surface area contributed by atoms with Gasteiger partial charge in [0.1, 0.15) is 17.1 Å². The number of carbonyl (C=O) groups excluding carboxylic acids is 1. The molecule has 0 bridgehead atoms. The lowest BCUT2D eigenvalue weighted by atomic mass is 10.0. The second kappa shape index (κ2) is 13.8. The number of carboxylic acid groups (broad SMARTS) is 1. The van der Waals surface area contributed by atoms with Crippen LogP contribution in [0.3, 0.4) is 0 Å². The predicted molar refractivity (Wildman–Crippen MR) is 164 cm³/mol. The fourth-order valence-corrected chi connectivity index (χ4v) is 6.88. The van der Waals surface area contributed by atoms with Crippen molar-refractivity contribution < 1.29 is 37.0 Å². The average molecular weight is 666 g/mol. The molecule has 1 amide bonds. The lowest BCUT2D eigenvalue weighted by Gasteiger charge is -2.40. The van der Waals surface area contributed by atoms with Crippen LogP contribution in [0.4, 0.5) is 28.5 Å². The third-order valence-electron chi connectivity index (χ3n) is 8.30. The van der Waals surface area contributed by atoms with Gasteiger partial charge in [0.2, 0.25) is 0 Å². The first-order chi connectivity index (χ1) is 21.8. The molecule has 2 saturated heterocycles. The molecule has 3 aromatic rings. The van der Waals surface area contributed by atoms with E-state index in [-0.39, 0.29) is 40.6 Å². The van der Waals surface area contributed by atoms with E-state index in [1.165, 1.54) is 12.4 Å². The van der Waals surface area contributed by atoms with Crippen LogP contribution in [0.5, 0.6) is 5.75 Å². The molecule has 2 fully saturated rings. The number of carboxylic acids is 1. The van der Waals surface area contributed by atoms with Crippen molar-refractivity contribution in [3.05, 3.63) is 46.5 Å². The predicted octanol–water partition coefficient (Wildman–Crippen LogP) is 4.99. The van der Waals surface area contributed by atoms with Crippen LogP contribution in [0.2, 0.25) is 0 Å². The van der Waals surface area contributed by atoms with Crippen LogP contribution in [-0.2, 0) is 17.5 Å². The van der Waals surface area contributed by atoms with E-state index in [1.54, 1.807) is 0 Å². The van der Waals surface area contributed by atoms with E-state index in [4.69, 9.17) is 9.84 Å². The Balaban J connectivity index is 1.36. The number of amides is 1. The first-order valence-electron chi connectivity index (χ1n) is 14.9. The largest absolute Gasteiger partial charge is 0.493 e. The number of hydrogen-bond acceptors (Lipinski definition) is 10. The fraction of sp³-hybridized carbons (Fsp3) is 0.500. The summed E-state index contributed by atoms with van der Waals surface area (Å²) in [5.74, 6) is -2.94. The zero-order valence-corrected chi connectivity index (χ0v) is 26.4. The Hall–Kier alpha value is -3.89. The van der Waals surface area contributed by atoms with Gasteiger partial charge in [0.25, 0.3) is 5.91 Å². The van der Waals surface area contributed by atoms with Crippen molar-refractivity contribution >= 4 is 34.2 Å². The molecule has 2 aliphatic rings. The van der Waals surface area contributed by atoms with Gasteiger partial charge in [-0.05, 0) is 45.4 Å². The van der Waals surface area contributed by atoms with Crippen LogP contribution in [-0.4, -0.2) is 93.7 Å². The lowest BCUT2D eigenvalue weighted by Crippen LogP contribution is -2.52. The van der Waals surface area contributed by atoms with Crippen molar-refractivity contribution in [2.75, 3.05) is 50.1 Å². The third kappa shape index (κ3) is 7.56. The normalized spacial score (nSPS) is 19.4. The maximum absolute atomic E-state index is 14.9. The SMILES string of the molecule is COc1c(F)cc(-c2nc(NC(=O)c3cnc(N4CCN(CCC(=O)O)C[C@@H]4C)cn3)sc2CN2CCC[C@H]2C)cc1C(F)(F)F. The summed E-state index contributed by atoms with van der Waals surface area (Å²) in [7, 11) is 0.977. The van der Waals surface area contributed by atoms with Crippen molar-refractivity contribution in [3.8, 4) is 17.0 Å². The molecule has 2 aromatic heterocycles. The minimum atomic E-state index is -4.87. The van der Waals surface area contributed by atoms with Gasteiger partial charge in [0.15, 0.2) is 16.7 Å². The highest BCUT2D eigenvalue weighted by Gasteiger charge is 2.37. The van der Waals surface area contributed by atoms with Gasteiger partial charge in [-0.1, -0.05) is 11.3 Å². The molecule has 0 saturated carbocycles. The fourth-order valence-electron chi connectivity index (χ4n) is 5.88. The third-order valence-corrected chi connectivity index (χ3v) is 9.26. The molecule has 2 aliphatic heterocycles. The van der Waals surface area contributed by atoms with Crippen LogP contribution in [0.15, 0.2) is 24.5 Å². The molecule has 2 N–H and O–H groups in total. The maximum Gasteiger partial charge on any atom is 0.420 e. The summed E-state index contributed by atoms with van der Waals surface area (Å²) in [6.07, 6.45) is -0.0193. The van der Waals surface area contributed by atoms with E-state index in [2.05, 4.69) is 37.0 Å². The zero-order valence-electron chi connectivity index (χ0n) is 25.6. The van der Waals surface area contributed by atoms with Gasteiger partial charge in [-0.25, -0.2) is 19.3 Å². The highest BCUT2D eigenvalue weighted by Crippen LogP contribution is 2.42. The van der Waals surface area contributed by atoms with Gasteiger partial charge in [-0.15, -0.1) is 0 Å². The number of alkyl halides is 3. The Kier molecular flexibility index (Phi) is 10.1. The molecule has 0 radical (unpaired) electrons. The number of rotatable bonds is 10. The number of thiazole rings is 1. The minimum absolute atomic E-state index is 0.0119. The van der Waals surface area contributed by atoms with Gasteiger partial charge in [0.05, 0.1) is 31.6 Å². The first kappa shape index (κ1) is 33.5. The number of ether oxygens (including phenoxy) is 1. The number of benzene rings is 1. The van der Waals surface area contributed by atoms with Crippen molar-refractivity contribution in [2.45, 2.75) is 57.9 Å². The van der Waals surface area contributed by atoms with Crippen molar-refractivity contribution in [3.63, 3.8) is 0 Å². The average Bonchev–Trinajstić information content (AvgIpc) is 3.60. The Labute approximate surface area is 267 Å². The molecule has 5 rings (SSSR count). The highest BCUT2D eigenvalue weighted by atomic mass is 32.1. The van der Waals surface area contributed by atoms with Crippen LogP contribution in [0, 0.1) is 5.82 Å². The van der Waals surface area contributed by atoms with Crippen LogP contribution >= 0.6 is 11.3 Å². The van der Waals surface area contributed by atoms with E-state index in [1.807, 2.05) is 11.8 Å². The van der Waals surface area contributed by atoms with E-state index in [0.717, 1.165) is 50.0 Å². The van der Waals surface area contributed by atoms with Crippen molar-refractivity contribution in [1.29, 1.82) is 0 Å². The first-order valence-corrected chi connectivity index (χ1v) is 15.7. The molecular formula is C30H35F4N7O4S. The van der Waals surface area contributed by atoms with Crippen LogP contribution < -0.4 is 15.0 Å². The number of nitrogens with zero attached hydrogens (tertiary/aromatic N) is 6. The summed E-state index contributed by atoms with van der Waals surface area (Å²) in [6, 6.07) is 2.07. The molecule has 2 atom stereocenters. The standard InChI is InChI=1S/C30H35F4N7O4S/c1-17-5-4-7-40(17)16-23-26(19-11-20(30(32,33)34)27(45-3)21(31)12-19)37-29(46-23)38-28(44)22-13-36-24(14-35-22)41-10-9-39(15-18(41)2)8-6-25(42)43/h11-14,17-18H,4-10,15-16H2,1-3H3,(H,42,43)(H,37,38,44)/t17-,18+/m1/s1. The summed E-state index contributed by atoms with van der Waals surface area (Å²) in [6.45, 7) is 7.63. The second-order valence-electron chi connectivity index (χ2n) is 11.5. The molecule has 46 heavy (non-hydrogen) atoms. The quantitative estimate of drug-likeness (QED) is 0.287. The monoisotopic (exact) mass is 665 g/mol. The number of hydrogen-bond donors (Lipinski definition) is 2. The zero-order chi connectivity index (χ0) is 33.2. The number of halogens is 4. The number of aliphatic carboxylic acids is 1. The van der Waals surface area contributed by atoms with Gasteiger partial charge in [-0.3, -0.25) is 24.7 Å². The molecule has 0 unspecified atom stereocenters. The summed E-state index contributed by atoms with van der Waals surface area (Å²) in [4.78, 5) is 44.1. The minimum Gasteiger partial charge on any atom is -0.493 e. The lowest BCUT2D eigenvalue weighted by molar-refractivity contribution is -0.139. The van der Waals surface area contributed by atoms with Gasteiger partial charge in [0, 0.05) is 55.2 Å². The molecule has 1 aromatic carbocycles. The topological polar surface area (TPSA) is 124 Å². The number of piperazine rings is 1. The summed E-state index contributed by atoms with van der Waals surface area (Å²) in [5, 5.41) is 11.8. The number of aromatic nitrogens is 3. The van der Waals surface area contributed by atoms with Gasteiger partial charge in [-0.2, -0.15) is 13.2 Å². The second-order valence-corrected chi connectivity index (χ2v) is 12.6. The molecule has 0 aliphatic carbocycles. The van der Waals surface area contributed by atoms with Gasteiger partial charge >= 0.3 is 12.1 Å². The van der Waals surface area contributed by atoms with Crippen LogP contribution in [0.25, 0.3) is 11.3 Å². The maximum atomic E-state index is 14.9. The molecule has 248 valence electrons. The number of anilines is 2.